The Balaban J connectivity index is 1.69. The standard InChI is InChI=1S/C21H20FN3O4S2/c22-13-1-3-15(4-2-13)25-31(28,29)16-5-6-19-17(11-16)18(12-20(26)24-19)21(27)23-14-7-9-30-10-8-14/h1-6,11-12,14,25H,7-10H2,(H,23,27)(H,24,26). The van der Waals surface area contributed by atoms with Crippen molar-refractivity contribution in [3.8, 4) is 0 Å². The summed E-state index contributed by atoms with van der Waals surface area (Å²) in [6.07, 6.45) is 1.69. The highest BCUT2D eigenvalue weighted by atomic mass is 32.2. The van der Waals surface area contributed by atoms with Crippen LogP contribution in [0.1, 0.15) is 23.2 Å². The molecule has 1 aliphatic heterocycles. The first-order valence-electron chi connectivity index (χ1n) is 9.66. The highest BCUT2D eigenvalue weighted by Crippen LogP contribution is 2.23. The van der Waals surface area contributed by atoms with Crippen LogP contribution in [0.5, 0.6) is 0 Å². The minimum absolute atomic E-state index is 0.0233. The summed E-state index contributed by atoms with van der Waals surface area (Å²) in [5.74, 6) is 1.02. The maximum Gasteiger partial charge on any atom is 0.261 e. The van der Waals surface area contributed by atoms with Crippen molar-refractivity contribution in [1.82, 2.24) is 10.3 Å². The van der Waals surface area contributed by atoms with Gasteiger partial charge in [-0.3, -0.25) is 14.3 Å². The van der Waals surface area contributed by atoms with Crippen molar-refractivity contribution in [2.45, 2.75) is 23.8 Å². The number of anilines is 1. The van der Waals surface area contributed by atoms with E-state index in [1.165, 1.54) is 36.4 Å². The van der Waals surface area contributed by atoms with Gasteiger partial charge >= 0.3 is 0 Å². The SMILES string of the molecule is O=C(NC1CCSCC1)c1cc(=O)[nH]c2ccc(S(=O)(=O)Nc3ccc(F)cc3)cc12. The number of carbonyl (C=O) groups is 1. The molecule has 10 heteroatoms. The van der Waals surface area contributed by atoms with Gasteiger partial charge in [0.15, 0.2) is 0 Å². The van der Waals surface area contributed by atoms with Crippen LogP contribution in [-0.2, 0) is 10.0 Å². The number of pyridine rings is 1. The molecule has 31 heavy (non-hydrogen) atoms. The molecule has 1 fully saturated rings. The molecular formula is C21H20FN3O4S2. The van der Waals surface area contributed by atoms with E-state index < -0.39 is 27.3 Å². The molecule has 162 valence electrons. The van der Waals surface area contributed by atoms with Gasteiger partial charge in [-0.2, -0.15) is 11.8 Å². The zero-order valence-corrected chi connectivity index (χ0v) is 18.0. The van der Waals surface area contributed by atoms with Crippen molar-refractivity contribution in [2.24, 2.45) is 0 Å². The number of thioether (sulfide) groups is 1. The zero-order chi connectivity index (χ0) is 22.0. The van der Waals surface area contributed by atoms with E-state index in [-0.39, 0.29) is 22.2 Å². The van der Waals surface area contributed by atoms with E-state index in [9.17, 15) is 22.4 Å². The van der Waals surface area contributed by atoms with Crippen LogP contribution in [0.15, 0.2) is 58.2 Å². The number of H-pyrrole nitrogens is 1. The number of hydrogen-bond acceptors (Lipinski definition) is 5. The Morgan fingerprint density at radius 3 is 2.48 bits per heavy atom. The van der Waals surface area contributed by atoms with Gasteiger partial charge in [-0.15, -0.1) is 0 Å². The first-order valence-corrected chi connectivity index (χ1v) is 12.3. The molecule has 4 rings (SSSR count). The fraction of sp³-hybridized carbons (Fsp3) is 0.238. The van der Waals surface area contributed by atoms with Crippen molar-refractivity contribution in [3.05, 3.63) is 70.3 Å². The molecule has 3 aromatic rings. The van der Waals surface area contributed by atoms with Gasteiger partial charge in [0.1, 0.15) is 5.82 Å². The van der Waals surface area contributed by atoms with Crippen molar-refractivity contribution in [2.75, 3.05) is 16.2 Å². The van der Waals surface area contributed by atoms with E-state index >= 15 is 0 Å². The smallest absolute Gasteiger partial charge is 0.261 e. The van der Waals surface area contributed by atoms with E-state index in [0.29, 0.717) is 10.9 Å². The van der Waals surface area contributed by atoms with Crippen molar-refractivity contribution < 1.29 is 17.6 Å². The quantitative estimate of drug-likeness (QED) is 0.541. The predicted octanol–water partition coefficient (Wildman–Crippen LogP) is 3.09. The average Bonchev–Trinajstić information content (AvgIpc) is 2.75. The predicted molar refractivity (Wildman–Crippen MR) is 120 cm³/mol. The van der Waals surface area contributed by atoms with Gasteiger partial charge in [-0.25, -0.2) is 12.8 Å². The van der Waals surface area contributed by atoms with Crippen LogP contribution in [0.3, 0.4) is 0 Å². The molecule has 2 aromatic carbocycles. The Kier molecular flexibility index (Phi) is 6.01. The lowest BCUT2D eigenvalue weighted by molar-refractivity contribution is 0.0936. The van der Waals surface area contributed by atoms with Gasteiger partial charge in [-0.1, -0.05) is 0 Å². The van der Waals surface area contributed by atoms with Crippen LogP contribution >= 0.6 is 11.8 Å². The molecule has 1 amide bonds. The minimum Gasteiger partial charge on any atom is -0.349 e. The molecule has 3 N–H and O–H groups in total. The van der Waals surface area contributed by atoms with Gasteiger partial charge in [0.2, 0.25) is 5.56 Å². The number of benzene rings is 2. The lowest BCUT2D eigenvalue weighted by Crippen LogP contribution is -2.37. The number of aromatic nitrogens is 1. The number of hydrogen-bond donors (Lipinski definition) is 3. The highest BCUT2D eigenvalue weighted by molar-refractivity contribution is 7.99. The lowest BCUT2D eigenvalue weighted by Gasteiger charge is -2.22. The molecule has 1 aliphatic rings. The molecule has 7 nitrogen and oxygen atoms in total. The van der Waals surface area contributed by atoms with Crippen LogP contribution < -0.4 is 15.6 Å². The van der Waals surface area contributed by atoms with Crippen LogP contribution in [0.25, 0.3) is 10.9 Å². The lowest BCUT2D eigenvalue weighted by atomic mass is 10.1. The van der Waals surface area contributed by atoms with Crippen molar-refractivity contribution >= 4 is 44.3 Å². The van der Waals surface area contributed by atoms with E-state index in [0.717, 1.165) is 36.5 Å². The first-order chi connectivity index (χ1) is 14.8. The molecule has 0 unspecified atom stereocenters. The number of sulfonamides is 1. The molecular weight excluding hydrogens is 441 g/mol. The summed E-state index contributed by atoms with van der Waals surface area (Å²) in [4.78, 5) is 27.5. The number of rotatable bonds is 5. The second-order valence-electron chi connectivity index (χ2n) is 7.23. The monoisotopic (exact) mass is 461 g/mol. The molecule has 0 spiro atoms. The maximum atomic E-state index is 13.1. The van der Waals surface area contributed by atoms with Gasteiger partial charge in [0.25, 0.3) is 15.9 Å². The van der Waals surface area contributed by atoms with Gasteiger partial charge in [0.05, 0.1) is 10.5 Å². The van der Waals surface area contributed by atoms with Crippen LogP contribution in [0, 0.1) is 5.82 Å². The third-order valence-corrected chi connectivity index (χ3v) is 7.45. The number of aromatic amines is 1. The molecule has 1 saturated heterocycles. The summed E-state index contributed by atoms with van der Waals surface area (Å²) in [7, 11) is -4.00. The second-order valence-corrected chi connectivity index (χ2v) is 10.1. The largest absolute Gasteiger partial charge is 0.349 e. The van der Waals surface area contributed by atoms with Gasteiger partial charge < -0.3 is 10.3 Å². The molecule has 0 aliphatic carbocycles. The zero-order valence-electron chi connectivity index (χ0n) is 16.4. The first kappa shape index (κ1) is 21.4. The third-order valence-electron chi connectivity index (χ3n) is 5.02. The molecule has 2 heterocycles. The Bertz CT molecular complexity index is 1280. The fourth-order valence-electron chi connectivity index (χ4n) is 3.42. The molecule has 0 saturated carbocycles. The average molecular weight is 462 g/mol. The number of fused-ring (bicyclic) bond motifs is 1. The maximum absolute atomic E-state index is 13.1. The molecule has 0 bridgehead atoms. The van der Waals surface area contributed by atoms with E-state index in [1.54, 1.807) is 0 Å². The topological polar surface area (TPSA) is 108 Å². The number of halogens is 1. The Morgan fingerprint density at radius 2 is 1.77 bits per heavy atom. The fourth-order valence-corrected chi connectivity index (χ4v) is 5.62. The molecule has 1 aromatic heterocycles. The summed E-state index contributed by atoms with van der Waals surface area (Å²) >= 11 is 1.83. The van der Waals surface area contributed by atoms with E-state index in [4.69, 9.17) is 0 Å². The summed E-state index contributed by atoms with van der Waals surface area (Å²) in [6.45, 7) is 0. The van der Waals surface area contributed by atoms with E-state index in [2.05, 4.69) is 15.0 Å². The Labute approximate surface area is 182 Å². The van der Waals surface area contributed by atoms with Gasteiger partial charge in [-0.05, 0) is 66.8 Å². The second kappa shape index (κ2) is 8.72. The Morgan fingerprint density at radius 1 is 1.06 bits per heavy atom. The summed E-state index contributed by atoms with van der Waals surface area (Å²) < 4.78 is 41.1. The Hall–Kier alpha value is -2.85. The summed E-state index contributed by atoms with van der Waals surface area (Å²) in [5, 5.41) is 3.28. The van der Waals surface area contributed by atoms with E-state index in [1.807, 2.05) is 11.8 Å². The summed E-state index contributed by atoms with van der Waals surface area (Å²) in [5.41, 5.74) is 0.237. The van der Waals surface area contributed by atoms with Gasteiger partial charge in [0, 0.05) is 28.7 Å². The van der Waals surface area contributed by atoms with Crippen molar-refractivity contribution in [3.63, 3.8) is 0 Å². The molecule has 0 atom stereocenters. The normalized spacial score (nSPS) is 15.0. The number of carbonyl (C=O) groups excluding carboxylic acids is 1. The van der Waals surface area contributed by atoms with Crippen LogP contribution in [-0.4, -0.2) is 36.9 Å². The number of amides is 1. The highest BCUT2D eigenvalue weighted by Gasteiger charge is 2.21. The third kappa shape index (κ3) is 4.91. The summed E-state index contributed by atoms with van der Waals surface area (Å²) in [6, 6.07) is 10.3. The number of nitrogens with one attached hydrogen (secondary N) is 3. The molecule has 0 radical (unpaired) electrons. The van der Waals surface area contributed by atoms with Crippen LogP contribution in [0.2, 0.25) is 0 Å². The van der Waals surface area contributed by atoms with Crippen molar-refractivity contribution in [1.29, 1.82) is 0 Å². The van der Waals surface area contributed by atoms with Crippen LogP contribution in [0.4, 0.5) is 10.1 Å². The minimum atomic E-state index is -4.00.